The number of amides is 1. The number of likely N-dealkylation sites (tertiary alicyclic amines) is 1. The number of anilines is 1. The van der Waals surface area contributed by atoms with Gasteiger partial charge in [0.1, 0.15) is 0 Å². The Morgan fingerprint density at radius 3 is 2.58 bits per heavy atom. The SMILES string of the molecule is CC1(C)C(=O)N(CCN2CC3CC(c4cccc5ccccc45)C3C2)c2ccccc21. The molecule has 2 heterocycles. The fourth-order valence-electron chi connectivity index (χ4n) is 6.38. The van der Waals surface area contributed by atoms with E-state index in [0.29, 0.717) is 5.92 Å². The Bertz CT molecular complexity index is 1160. The largest absolute Gasteiger partial charge is 0.310 e. The van der Waals surface area contributed by atoms with E-state index in [-0.39, 0.29) is 5.91 Å². The number of carbonyl (C=O) groups is 1. The van der Waals surface area contributed by atoms with Crippen molar-refractivity contribution < 1.29 is 4.79 Å². The molecule has 3 aromatic carbocycles. The fourth-order valence-corrected chi connectivity index (χ4v) is 6.38. The van der Waals surface area contributed by atoms with Crippen LogP contribution in [-0.2, 0) is 10.2 Å². The van der Waals surface area contributed by atoms with Crippen LogP contribution in [0.2, 0.25) is 0 Å². The number of para-hydroxylation sites is 1. The molecule has 3 nitrogen and oxygen atoms in total. The maximum atomic E-state index is 13.1. The molecule has 3 aliphatic rings. The van der Waals surface area contributed by atoms with Crippen LogP contribution < -0.4 is 4.90 Å². The van der Waals surface area contributed by atoms with Gasteiger partial charge >= 0.3 is 0 Å². The zero-order chi connectivity index (χ0) is 21.2. The van der Waals surface area contributed by atoms with E-state index >= 15 is 0 Å². The first-order chi connectivity index (χ1) is 15.0. The topological polar surface area (TPSA) is 23.6 Å². The summed E-state index contributed by atoms with van der Waals surface area (Å²) in [5.41, 5.74) is 3.39. The summed E-state index contributed by atoms with van der Waals surface area (Å²) in [7, 11) is 0. The van der Waals surface area contributed by atoms with E-state index in [1.807, 2.05) is 17.0 Å². The highest BCUT2D eigenvalue weighted by molar-refractivity contribution is 6.07. The fraction of sp³-hybridized carbons (Fsp3) is 0.393. The zero-order valence-corrected chi connectivity index (χ0v) is 18.4. The van der Waals surface area contributed by atoms with Crippen LogP contribution in [0, 0.1) is 11.8 Å². The van der Waals surface area contributed by atoms with Crippen molar-refractivity contribution in [2.75, 3.05) is 31.1 Å². The molecule has 0 N–H and O–H groups in total. The van der Waals surface area contributed by atoms with Crippen LogP contribution in [0.15, 0.2) is 66.7 Å². The number of carbonyl (C=O) groups excluding carboxylic acids is 1. The van der Waals surface area contributed by atoms with Gasteiger partial charge < -0.3 is 9.80 Å². The summed E-state index contributed by atoms with van der Waals surface area (Å²) in [6.45, 7) is 8.20. The Hall–Kier alpha value is -2.65. The molecule has 1 saturated carbocycles. The van der Waals surface area contributed by atoms with Crippen molar-refractivity contribution in [2.45, 2.75) is 31.6 Å². The van der Waals surface area contributed by atoms with E-state index in [9.17, 15) is 4.79 Å². The second-order valence-corrected chi connectivity index (χ2v) is 10.2. The van der Waals surface area contributed by atoms with Gasteiger partial charge in [-0.1, -0.05) is 60.7 Å². The molecule has 1 aliphatic carbocycles. The number of fused-ring (bicyclic) bond motifs is 3. The molecule has 0 spiro atoms. The lowest BCUT2D eigenvalue weighted by Gasteiger charge is -2.40. The quantitative estimate of drug-likeness (QED) is 0.590. The van der Waals surface area contributed by atoms with Gasteiger partial charge in [0.25, 0.3) is 0 Å². The smallest absolute Gasteiger partial charge is 0.237 e. The van der Waals surface area contributed by atoms with E-state index in [1.165, 1.54) is 29.3 Å². The molecule has 3 unspecified atom stereocenters. The van der Waals surface area contributed by atoms with Crippen molar-refractivity contribution >= 4 is 22.4 Å². The minimum atomic E-state index is -0.417. The van der Waals surface area contributed by atoms with Crippen molar-refractivity contribution in [3.63, 3.8) is 0 Å². The molecule has 2 fully saturated rings. The van der Waals surface area contributed by atoms with Gasteiger partial charge in [0.2, 0.25) is 5.91 Å². The summed E-state index contributed by atoms with van der Waals surface area (Å²) in [5, 5.41) is 2.78. The first-order valence-electron chi connectivity index (χ1n) is 11.7. The molecule has 6 rings (SSSR count). The van der Waals surface area contributed by atoms with Crippen LogP contribution in [0.25, 0.3) is 10.8 Å². The van der Waals surface area contributed by atoms with E-state index in [2.05, 4.69) is 73.3 Å². The highest BCUT2D eigenvalue weighted by Crippen LogP contribution is 2.52. The van der Waals surface area contributed by atoms with Crippen LogP contribution in [0.4, 0.5) is 5.69 Å². The van der Waals surface area contributed by atoms with E-state index < -0.39 is 5.41 Å². The third-order valence-electron chi connectivity index (χ3n) is 8.15. The third kappa shape index (κ3) is 2.86. The van der Waals surface area contributed by atoms with E-state index in [0.717, 1.165) is 42.7 Å². The monoisotopic (exact) mass is 410 g/mol. The number of benzene rings is 3. The Kier molecular flexibility index (Phi) is 4.26. The summed E-state index contributed by atoms with van der Waals surface area (Å²) >= 11 is 0. The standard InChI is InChI=1S/C28H30N2O/c1-28(2)25-12-5-6-13-26(25)30(27(28)31)15-14-29-17-20-16-23(24(20)18-29)22-11-7-9-19-8-3-4-10-21(19)22/h3-13,20,23-24H,14-18H2,1-2H3. The van der Waals surface area contributed by atoms with Gasteiger partial charge in [-0.2, -0.15) is 0 Å². The molecular weight excluding hydrogens is 380 g/mol. The van der Waals surface area contributed by atoms with Crippen LogP contribution in [0.5, 0.6) is 0 Å². The predicted octanol–water partition coefficient (Wildman–Crippen LogP) is 5.20. The first kappa shape index (κ1) is 19.1. The van der Waals surface area contributed by atoms with Crippen LogP contribution >= 0.6 is 0 Å². The Balaban J connectivity index is 1.15. The number of rotatable bonds is 4. The molecule has 0 aromatic heterocycles. The van der Waals surface area contributed by atoms with Crippen LogP contribution in [0.1, 0.15) is 37.3 Å². The minimum Gasteiger partial charge on any atom is -0.310 e. The Morgan fingerprint density at radius 1 is 0.903 bits per heavy atom. The maximum Gasteiger partial charge on any atom is 0.237 e. The molecule has 0 bridgehead atoms. The van der Waals surface area contributed by atoms with Gasteiger partial charge in [-0.15, -0.1) is 0 Å². The van der Waals surface area contributed by atoms with Crippen LogP contribution in [-0.4, -0.2) is 37.0 Å². The van der Waals surface area contributed by atoms with Gasteiger partial charge in [-0.3, -0.25) is 4.79 Å². The zero-order valence-electron chi connectivity index (χ0n) is 18.4. The summed E-state index contributed by atoms with van der Waals surface area (Å²) < 4.78 is 0. The highest BCUT2D eigenvalue weighted by atomic mass is 16.2. The van der Waals surface area contributed by atoms with Gasteiger partial charge in [0, 0.05) is 31.9 Å². The number of nitrogens with zero attached hydrogens (tertiary/aromatic N) is 2. The summed E-state index contributed by atoms with van der Waals surface area (Å²) in [6.07, 6.45) is 1.30. The average molecular weight is 411 g/mol. The Morgan fingerprint density at radius 2 is 1.68 bits per heavy atom. The molecule has 1 saturated heterocycles. The minimum absolute atomic E-state index is 0.240. The molecule has 31 heavy (non-hydrogen) atoms. The maximum absolute atomic E-state index is 13.1. The van der Waals surface area contributed by atoms with E-state index in [4.69, 9.17) is 0 Å². The lowest BCUT2D eigenvalue weighted by Crippen LogP contribution is -2.40. The molecule has 3 atom stereocenters. The summed E-state index contributed by atoms with van der Waals surface area (Å²) in [5.74, 6) is 2.48. The average Bonchev–Trinajstić information content (AvgIpc) is 3.19. The highest BCUT2D eigenvalue weighted by Gasteiger charge is 2.48. The molecule has 0 radical (unpaired) electrons. The molecule has 158 valence electrons. The van der Waals surface area contributed by atoms with Gasteiger partial charge in [-0.05, 0) is 66.0 Å². The second kappa shape index (κ2) is 6.93. The third-order valence-corrected chi connectivity index (χ3v) is 8.15. The predicted molar refractivity (Wildman–Crippen MR) is 127 cm³/mol. The van der Waals surface area contributed by atoms with E-state index in [1.54, 1.807) is 0 Å². The van der Waals surface area contributed by atoms with Gasteiger partial charge in [0.05, 0.1) is 5.41 Å². The normalized spacial score (nSPS) is 26.7. The molecule has 1 amide bonds. The second-order valence-electron chi connectivity index (χ2n) is 10.2. The first-order valence-corrected chi connectivity index (χ1v) is 11.7. The van der Waals surface area contributed by atoms with Crippen LogP contribution in [0.3, 0.4) is 0 Å². The van der Waals surface area contributed by atoms with Crippen molar-refractivity contribution in [3.8, 4) is 0 Å². The van der Waals surface area contributed by atoms with Crippen molar-refractivity contribution in [2.24, 2.45) is 11.8 Å². The number of hydrogen-bond donors (Lipinski definition) is 0. The van der Waals surface area contributed by atoms with Crippen molar-refractivity contribution in [3.05, 3.63) is 77.9 Å². The van der Waals surface area contributed by atoms with Crippen molar-refractivity contribution in [1.82, 2.24) is 4.90 Å². The molecular formula is C28H30N2O. The Labute approximate surface area is 184 Å². The molecule has 3 heteroatoms. The lowest BCUT2D eigenvalue weighted by atomic mass is 9.63. The van der Waals surface area contributed by atoms with Gasteiger partial charge in [-0.25, -0.2) is 0 Å². The summed E-state index contributed by atoms with van der Waals surface area (Å²) in [4.78, 5) is 17.7. The molecule has 3 aromatic rings. The number of hydrogen-bond acceptors (Lipinski definition) is 2. The van der Waals surface area contributed by atoms with Crippen molar-refractivity contribution in [1.29, 1.82) is 0 Å². The lowest BCUT2D eigenvalue weighted by molar-refractivity contribution is -0.122. The molecule has 2 aliphatic heterocycles. The van der Waals surface area contributed by atoms with Gasteiger partial charge in [0.15, 0.2) is 0 Å². The summed E-state index contributed by atoms with van der Waals surface area (Å²) in [6, 6.07) is 23.9.